The molecule has 0 amide bonds. The van der Waals surface area contributed by atoms with Gasteiger partial charge in [0.2, 0.25) is 0 Å². The minimum atomic E-state index is -1.58. The van der Waals surface area contributed by atoms with Gasteiger partial charge in [-0.25, -0.2) is 4.79 Å². The van der Waals surface area contributed by atoms with Crippen molar-refractivity contribution in [1.82, 2.24) is 0 Å². The average Bonchev–Trinajstić information content (AvgIpc) is 2.82. The summed E-state index contributed by atoms with van der Waals surface area (Å²) in [7, 11) is 1.21. The molecule has 0 aromatic heterocycles. The van der Waals surface area contributed by atoms with Crippen LogP contribution in [-0.4, -0.2) is 49.4 Å². The summed E-state index contributed by atoms with van der Waals surface area (Å²) in [4.78, 5) is 49.5. The molecule has 10 heteroatoms. The number of ether oxygens (including phenoxy) is 5. The van der Waals surface area contributed by atoms with E-state index < -0.39 is 35.7 Å². The molecule has 1 aromatic carbocycles. The molecule has 3 atom stereocenters. The van der Waals surface area contributed by atoms with Crippen LogP contribution in [0, 0.1) is 17.8 Å². The predicted molar refractivity (Wildman–Crippen MR) is 145 cm³/mol. The number of rotatable bonds is 15. The highest BCUT2D eigenvalue weighted by molar-refractivity contribution is 5.81. The van der Waals surface area contributed by atoms with Crippen molar-refractivity contribution in [2.45, 2.75) is 92.2 Å². The van der Waals surface area contributed by atoms with Gasteiger partial charge in [0, 0.05) is 25.7 Å². The van der Waals surface area contributed by atoms with E-state index in [2.05, 4.69) is 0 Å². The molecule has 0 aliphatic rings. The fourth-order valence-electron chi connectivity index (χ4n) is 3.70. The smallest absolute Gasteiger partial charge is 0.468 e. The fourth-order valence-corrected chi connectivity index (χ4v) is 3.70. The summed E-state index contributed by atoms with van der Waals surface area (Å²) < 4.78 is 26.4. The van der Waals surface area contributed by atoms with Gasteiger partial charge in [-0.3, -0.25) is 14.4 Å². The number of nitrogens with two attached hydrogens (primary N) is 1. The normalized spacial score (nSPS) is 14.2. The molecule has 220 valence electrons. The van der Waals surface area contributed by atoms with Gasteiger partial charge in [-0.05, 0) is 42.4 Å². The maximum atomic E-state index is 12.7. The Morgan fingerprint density at radius 1 is 0.897 bits per heavy atom. The number of hydrogen-bond donors (Lipinski definition) is 1. The standard InChI is InChI=1S/C29H45NO9/c1-9-20(6)17-36-28(34)37-21(7)15-29(30,27(33)35-8)16-22-10-11-23(38-25(31)12-18(2)3)24(14-22)39-26(32)13-19(4)5/h10-11,14,18-21H,9,12-13,15-17,30H2,1-8H3/t20?,21-,29?/m0/s1. The average molecular weight is 552 g/mol. The molecule has 0 spiro atoms. The van der Waals surface area contributed by atoms with Gasteiger partial charge < -0.3 is 29.4 Å². The van der Waals surface area contributed by atoms with E-state index in [0.717, 1.165) is 6.42 Å². The van der Waals surface area contributed by atoms with Crippen LogP contribution in [0.3, 0.4) is 0 Å². The summed E-state index contributed by atoms with van der Waals surface area (Å²) >= 11 is 0. The monoisotopic (exact) mass is 551 g/mol. The molecule has 0 aliphatic heterocycles. The van der Waals surface area contributed by atoms with Crippen LogP contribution in [0.25, 0.3) is 0 Å². The van der Waals surface area contributed by atoms with Crippen molar-refractivity contribution in [3.05, 3.63) is 23.8 Å². The lowest BCUT2D eigenvalue weighted by molar-refractivity contribution is -0.148. The number of benzene rings is 1. The Morgan fingerprint density at radius 2 is 1.46 bits per heavy atom. The molecule has 39 heavy (non-hydrogen) atoms. The van der Waals surface area contributed by atoms with Crippen molar-refractivity contribution in [3.63, 3.8) is 0 Å². The maximum Gasteiger partial charge on any atom is 0.508 e. The van der Waals surface area contributed by atoms with Crippen molar-refractivity contribution in [3.8, 4) is 11.5 Å². The van der Waals surface area contributed by atoms with Crippen LogP contribution < -0.4 is 15.2 Å². The fraction of sp³-hybridized carbons (Fsp3) is 0.655. The van der Waals surface area contributed by atoms with E-state index >= 15 is 0 Å². The van der Waals surface area contributed by atoms with E-state index in [1.54, 1.807) is 13.0 Å². The third kappa shape index (κ3) is 12.5. The van der Waals surface area contributed by atoms with Crippen molar-refractivity contribution in [2.24, 2.45) is 23.5 Å². The van der Waals surface area contributed by atoms with Gasteiger partial charge in [-0.15, -0.1) is 0 Å². The Kier molecular flexibility index (Phi) is 14.0. The van der Waals surface area contributed by atoms with Crippen LogP contribution in [0.1, 0.15) is 79.7 Å². The molecule has 0 saturated heterocycles. The summed E-state index contributed by atoms with van der Waals surface area (Å²) in [6.45, 7) is 13.3. The van der Waals surface area contributed by atoms with E-state index in [1.165, 1.54) is 19.2 Å². The number of carbonyl (C=O) groups is 4. The number of hydrogen-bond acceptors (Lipinski definition) is 10. The van der Waals surface area contributed by atoms with Gasteiger partial charge in [0.25, 0.3) is 0 Å². The largest absolute Gasteiger partial charge is 0.508 e. The lowest BCUT2D eigenvalue weighted by atomic mass is 9.86. The van der Waals surface area contributed by atoms with E-state index in [-0.39, 0.29) is 61.5 Å². The van der Waals surface area contributed by atoms with E-state index in [0.29, 0.717) is 5.56 Å². The lowest BCUT2D eigenvalue weighted by Crippen LogP contribution is -2.53. The van der Waals surface area contributed by atoms with Crippen LogP contribution in [0.5, 0.6) is 11.5 Å². The minimum Gasteiger partial charge on any atom is -0.468 e. The predicted octanol–water partition coefficient (Wildman–Crippen LogP) is 4.98. The van der Waals surface area contributed by atoms with Crippen LogP contribution in [-0.2, 0) is 35.0 Å². The van der Waals surface area contributed by atoms with Crippen molar-refractivity contribution >= 4 is 24.1 Å². The van der Waals surface area contributed by atoms with Gasteiger partial charge in [-0.1, -0.05) is 54.0 Å². The molecule has 1 aromatic rings. The summed E-state index contributed by atoms with van der Waals surface area (Å²) in [6, 6.07) is 4.62. The second-order valence-corrected chi connectivity index (χ2v) is 11.0. The zero-order valence-electron chi connectivity index (χ0n) is 24.5. The van der Waals surface area contributed by atoms with Gasteiger partial charge in [0.1, 0.15) is 11.6 Å². The summed E-state index contributed by atoms with van der Waals surface area (Å²) in [6.07, 6.45) is -0.515. The highest BCUT2D eigenvalue weighted by Crippen LogP contribution is 2.32. The molecule has 0 aliphatic carbocycles. The number of carbonyl (C=O) groups excluding carboxylic acids is 4. The summed E-state index contributed by atoms with van der Waals surface area (Å²) in [5.74, 6) is -1.21. The first-order valence-corrected chi connectivity index (χ1v) is 13.4. The third-order valence-corrected chi connectivity index (χ3v) is 5.85. The molecule has 10 nitrogen and oxygen atoms in total. The highest BCUT2D eigenvalue weighted by atomic mass is 16.7. The van der Waals surface area contributed by atoms with E-state index in [9.17, 15) is 19.2 Å². The Hall–Kier alpha value is -3.14. The SMILES string of the molecule is CCC(C)COC(=O)O[C@@H](C)CC(N)(Cc1ccc(OC(=O)CC(C)C)c(OC(=O)CC(C)C)c1)C(=O)OC. The van der Waals surface area contributed by atoms with Gasteiger partial charge in [0.15, 0.2) is 11.5 Å². The van der Waals surface area contributed by atoms with Crippen LogP contribution in [0.4, 0.5) is 4.79 Å². The molecule has 0 bridgehead atoms. The minimum absolute atomic E-state index is 0.0375. The number of methoxy groups -OCH3 is 1. The van der Waals surface area contributed by atoms with Gasteiger partial charge in [0.05, 0.1) is 13.7 Å². The van der Waals surface area contributed by atoms with Crippen LogP contribution in [0.2, 0.25) is 0 Å². The molecule has 0 heterocycles. The molecule has 0 saturated carbocycles. The van der Waals surface area contributed by atoms with E-state index in [4.69, 9.17) is 29.4 Å². The lowest BCUT2D eigenvalue weighted by Gasteiger charge is -2.29. The second-order valence-electron chi connectivity index (χ2n) is 11.0. The van der Waals surface area contributed by atoms with Crippen LogP contribution >= 0.6 is 0 Å². The van der Waals surface area contributed by atoms with Crippen molar-refractivity contribution < 1.29 is 42.9 Å². The Morgan fingerprint density at radius 3 is 1.97 bits per heavy atom. The quantitative estimate of drug-likeness (QED) is 0.234. The van der Waals surface area contributed by atoms with Crippen molar-refractivity contribution in [1.29, 1.82) is 0 Å². The molecule has 2 unspecified atom stereocenters. The summed E-state index contributed by atoms with van der Waals surface area (Å²) in [5, 5.41) is 0. The first-order chi connectivity index (χ1) is 18.2. The maximum absolute atomic E-state index is 12.7. The molecule has 0 fully saturated rings. The topological polar surface area (TPSA) is 140 Å². The second kappa shape index (κ2) is 16.1. The third-order valence-electron chi connectivity index (χ3n) is 5.85. The Labute approximate surface area is 231 Å². The van der Waals surface area contributed by atoms with Crippen molar-refractivity contribution in [2.75, 3.05) is 13.7 Å². The highest BCUT2D eigenvalue weighted by Gasteiger charge is 2.38. The number of esters is 3. The zero-order chi connectivity index (χ0) is 29.8. The zero-order valence-corrected chi connectivity index (χ0v) is 24.5. The molecular weight excluding hydrogens is 506 g/mol. The van der Waals surface area contributed by atoms with Gasteiger partial charge in [-0.2, -0.15) is 0 Å². The Bertz CT molecular complexity index is 976. The molecular formula is C29H45NO9. The first kappa shape index (κ1) is 33.9. The molecule has 0 radical (unpaired) electrons. The Balaban J connectivity index is 3.17. The molecule has 2 N–H and O–H groups in total. The summed E-state index contributed by atoms with van der Waals surface area (Å²) in [5.41, 5.74) is 5.43. The van der Waals surface area contributed by atoms with Gasteiger partial charge >= 0.3 is 24.1 Å². The molecule has 1 rings (SSSR count). The van der Waals surface area contributed by atoms with E-state index in [1.807, 2.05) is 41.5 Å². The first-order valence-electron chi connectivity index (χ1n) is 13.4. The van der Waals surface area contributed by atoms with Crippen LogP contribution in [0.15, 0.2) is 18.2 Å².